The van der Waals surface area contributed by atoms with Gasteiger partial charge in [0.2, 0.25) is 5.91 Å². The molecule has 3 N–H and O–H groups in total. The molecule has 0 radical (unpaired) electrons. The highest BCUT2D eigenvalue weighted by Crippen LogP contribution is 2.16. The van der Waals surface area contributed by atoms with Crippen LogP contribution in [-0.2, 0) is 11.3 Å². The van der Waals surface area contributed by atoms with E-state index in [1.54, 1.807) is 12.1 Å². The van der Waals surface area contributed by atoms with Crippen molar-refractivity contribution >= 4 is 35.1 Å². The number of nitrogens with zero attached hydrogens (tertiary/aromatic N) is 2. The summed E-state index contributed by atoms with van der Waals surface area (Å²) in [6, 6.07) is 9.08. The number of nitrogens with one attached hydrogen (secondary N) is 1. The molecule has 5 nitrogen and oxygen atoms in total. The topological polar surface area (TPSA) is 80.9 Å². The van der Waals surface area contributed by atoms with Crippen LogP contribution in [0.1, 0.15) is 11.3 Å². The first-order valence-electron chi connectivity index (χ1n) is 6.28. The number of carbonyl (C=O) groups is 1. The van der Waals surface area contributed by atoms with Crippen LogP contribution < -0.4 is 11.1 Å². The van der Waals surface area contributed by atoms with Crippen LogP contribution >= 0.6 is 23.4 Å². The zero-order chi connectivity index (χ0) is 15.2. The van der Waals surface area contributed by atoms with Crippen LogP contribution in [0.3, 0.4) is 0 Å². The van der Waals surface area contributed by atoms with E-state index in [-0.39, 0.29) is 11.7 Å². The quantitative estimate of drug-likeness (QED) is 0.652. The summed E-state index contributed by atoms with van der Waals surface area (Å²) >= 11 is 7.27. The van der Waals surface area contributed by atoms with E-state index in [1.807, 2.05) is 25.1 Å². The molecule has 1 aromatic heterocycles. The summed E-state index contributed by atoms with van der Waals surface area (Å²) in [5, 5.41) is 3.95. The van der Waals surface area contributed by atoms with Gasteiger partial charge in [-0.2, -0.15) is 0 Å². The minimum atomic E-state index is -0.108. The summed E-state index contributed by atoms with van der Waals surface area (Å²) in [4.78, 5) is 20.1. The highest BCUT2D eigenvalue weighted by Gasteiger charge is 2.07. The summed E-state index contributed by atoms with van der Waals surface area (Å²) in [5.74, 6) is 0.526. The fraction of sp³-hybridized carbons (Fsp3) is 0.214. The molecule has 1 amide bonds. The molecule has 7 heteroatoms. The molecule has 0 spiro atoms. The van der Waals surface area contributed by atoms with Gasteiger partial charge in [0.15, 0.2) is 5.16 Å². The molecule has 2 rings (SSSR count). The highest BCUT2D eigenvalue weighted by atomic mass is 35.5. The van der Waals surface area contributed by atoms with Gasteiger partial charge in [0.1, 0.15) is 5.82 Å². The lowest BCUT2D eigenvalue weighted by Crippen LogP contribution is -2.24. The van der Waals surface area contributed by atoms with E-state index in [1.165, 1.54) is 11.8 Å². The van der Waals surface area contributed by atoms with Crippen LogP contribution in [0.2, 0.25) is 5.02 Å². The van der Waals surface area contributed by atoms with Gasteiger partial charge in [0.05, 0.1) is 5.75 Å². The first-order chi connectivity index (χ1) is 10.0. The predicted molar refractivity (Wildman–Crippen MR) is 85.2 cm³/mol. The number of nitrogens with two attached hydrogens (primary N) is 1. The zero-order valence-electron chi connectivity index (χ0n) is 11.5. The van der Waals surface area contributed by atoms with E-state index in [4.69, 9.17) is 17.3 Å². The molecule has 0 bridgehead atoms. The van der Waals surface area contributed by atoms with E-state index in [9.17, 15) is 4.79 Å². The lowest BCUT2D eigenvalue weighted by molar-refractivity contribution is -0.118. The van der Waals surface area contributed by atoms with Crippen LogP contribution in [0.5, 0.6) is 0 Å². The largest absolute Gasteiger partial charge is 0.384 e. The maximum absolute atomic E-state index is 11.8. The molecule has 110 valence electrons. The minimum absolute atomic E-state index is 0.108. The van der Waals surface area contributed by atoms with Gasteiger partial charge in [-0.05, 0) is 18.6 Å². The van der Waals surface area contributed by atoms with Crippen molar-refractivity contribution in [1.29, 1.82) is 0 Å². The third-order valence-corrected chi connectivity index (χ3v) is 3.84. The number of hydrogen-bond donors (Lipinski definition) is 2. The monoisotopic (exact) mass is 322 g/mol. The summed E-state index contributed by atoms with van der Waals surface area (Å²) in [6.07, 6.45) is 0. The van der Waals surface area contributed by atoms with Crippen molar-refractivity contribution < 1.29 is 4.79 Å². The number of rotatable bonds is 5. The van der Waals surface area contributed by atoms with E-state index < -0.39 is 0 Å². The Morgan fingerprint density at radius 1 is 1.38 bits per heavy atom. The van der Waals surface area contributed by atoms with Crippen LogP contribution in [0.4, 0.5) is 5.82 Å². The van der Waals surface area contributed by atoms with Gasteiger partial charge < -0.3 is 11.1 Å². The van der Waals surface area contributed by atoms with Crippen molar-refractivity contribution in [3.63, 3.8) is 0 Å². The van der Waals surface area contributed by atoms with Gasteiger partial charge in [0.25, 0.3) is 0 Å². The summed E-state index contributed by atoms with van der Waals surface area (Å²) < 4.78 is 0. The van der Waals surface area contributed by atoms with Crippen molar-refractivity contribution in [3.05, 3.63) is 46.6 Å². The molecule has 2 aromatic rings. The molecule has 1 aromatic carbocycles. The minimum Gasteiger partial charge on any atom is -0.384 e. The number of anilines is 1. The van der Waals surface area contributed by atoms with Crippen molar-refractivity contribution in [2.24, 2.45) is 0 Å². The number of hydrogen-bond acceptors (Lipinski definition) is 5. The molecule has 21 heavy (non-hydrogen) atoms. The van der Waals surface area contributed by atoms with Gasteiger partial charge >= 0.3 is 0 Å². The lowest BCUT2D eigenvalue weighted by atomic mass is 10.2. The van der Waals surface area contributed by atoms with E-state index in [2.05, 4.69) is 15.3 Å². The zero-order valence-corrected chi connectivity index (χ0v) is 13.0. The summed E-state index contributed by atoms with van der Waals surface area (Å²) in [5.41, 5.74) is 7.30. The molecule has 0 unspecified atom stereocenters. The average Bonchev–Trinajstić information content (AvgIpc) is 2.43. The van der Waals surface area contributed by atoms with Crippen LogP contribution in [0.15, 0.2) is 35.5 Å². The second kappa shape index (κ2) is 7.28. The number of nitrogen functional groups attached to an aromatic ring is 1. The van der Waals surface area contributed by atoms with Crippen molar-refractivity contribution in [2.45, 2.75) is 18.6 Å². The van der Waals surface area contributed by atoms with Gasteiger partial charge in [0, 0.05) is 23.3 Å². The fourth-order valence-electron chi connectivity index (χ4n) is 1.65. The standard InChI is InChI=1S/C14H15ClN4OS/c1-9-6-12(16)19-14(18-9)21-8-13(20)17-7-10-4-2-3-5-11(10)15/h2-6H,7-8H2,1H3,(H,17,20)(H2,16,18,19). The van der Waals surface area contributed by atoms with Crippen molar-refractivity contribution in [1.82, 2.24) is 15.3 Å². The Morgan fingerprint density at radius 3 is 2.86 bits per heavy atom. The molecular formula is C14H15ClN4OS. The van der Waals surface area contributed by atoms with Crippen molar-refractivity contribution in [3.8, 4) is 0 Å². The molecule has 0 aliphatic heterocycles. The molecule has 0 saturated carbocycles. The highest BCUT2D eigenvalue weighted by molar-refractivity contribution is 7.99. The normalized spacial score (nSPS) is 10.4. The second-order valence-electron chi connectivity index (χ2n) is 4.37. The second-order valence-corrected chi connectivity index (χ2v) is 5.72. The smallest absolute Gasteiger partial charge is 0.230 e. The Bertz CT molecular complexity index is 630. The Kier molecular flexibility index (Phi) is 5.41. The molecular weight excluding hydrogens is 308 g/mol. The third kappa shape index (κ3) is 4.91. The van der Waals surface area contributed by atoms with Crippen LogP contribution in [0, 0.1) is 6.92 Å². The third-order valence-electron chi connectivity index (χ3n) is 2.62. The number of carbonyl (C=O) groups excluding carboxylic acids is 1. The Hall–Kier alpha value is -1.79. The summed E-state index contributed by atoms with van der Waals surface area (Å²) in [6.45, 7) is 2.23. The molecule has 0 saturated heterocycles. The maximum atomic E-state index is 11.8. The number of benzene rings is 1. The maximum Gasteiger partial charge on any atom is 0.230 e. The number of thioether (sulfide) groups is 1. The van der Waals surface area contributed by atoms with Crippen LogP contribution in [-0.4, -0.2) is 21.6 Å². The number of aromatic nitrogens is 2. The van der Waals surface area contributed by atoms with E-state index in [0.29, 0.717) is 22.5 Å². The van der Waals surface area contributed by atoms with E-state index in [0.717, 1.165) is 11.3 Å². The first kappa shape index (κ1) is 15.6. The molecule has 0 aliphatic carbocycles. The fourth-order valence-corrected chi connectivity index (χ4v) is 2.59. The first-order valence-corrected chi connectivity index (χ1v) is 7.65. The number of amides is 1. The Balaban J connectivity index is 1.84. The molecule has 0 aliphatic rings. The van der Waals surface area contributed by atoms with Gasteiger partial charge in [-0.25, -0.2) is 9.97 Å². The van der Waals surface area contributed by atoms with Crippen LogP contribution in [0.25, 0.3) is 0 Å². The number of halogens is 1. The lowest BCUT2D eigenvalue weighted by Gasteiger charge is -2.07. The van der Waals surface area contributed by atoms with Gasteiger partial charge in [-0.1, -0.05) is 41.6 Å². The molecule has 0 fully saturated rings. The average molecular weight is 323 g/mol. The summed E-state index contributed by atoms with van der Waals surface area (Å²) in [7, 11) is 0. The van der Waals surface area contributed by atoms with E-state index >= 15 is 0 Å². The van der Waals surface area contributed by atoms with Crippen molar-refractivity contribution in [2.75, 3.05) is 11.5 Å². The molecule has 1 heterocycles. The Labute approximate surface area is 132 Å². The SMILES string of the molecule is Cc1cc(N)nc(SCC(=O)NCc2ccccc2Cl)n1. The number of aryl methyl sites for hydroxylation is 1. The Morgan fingerprint density at radius 2 is 2.14 bits per heavy atom. The van der Waals surface area contributed by atoms with Gasteiger partial charge in [-0.3, -0.25) is 4.79 Å². The molecule has 0 atom stereocenters. The van der Waals surface area contributed by atoms with Gasteiger partial charge in [-0.15, -0.1) is 0 Å². The predicted octanol–water partition coefficient (Wildman–Crippen LogP) is 2.43.